The summed E-state index contributed by atoms with van der Waals surface area (Å²) in [5.74, 6) is -0.684. The van der Waals surface area contributed by atoms with Crippen LogP contribution in [-0.2, 0) is 32.9 Å². The minimum Gasteiger partial charge on any atom is -0.456 e. The van der Waals surface area contributed by atoms with Crippen molar-refractivity contribution in [1.29, 1.82) is 0 Å². The number of carbonyl (C=O) groups excluding carboxylic acids is 1. The topological polar surface area (TPSA) is 149 Å². The first-order chi connectivity index (χ1) is 24.8. The third-order valence-corrected chi connectivity index (χ3v) is 11.4. The molecule has 0 fully saturated rings. The third-order valence-electron chi connectivity index (χ3n) is 9.06. The van der Waals surface area contributed by atoms with E-state index in [0.717, 1.165) is 23.6 Å². The first-order valence-corrected chi connectivity index (χ1v) is 20.7. The van der Waals surface area contributed by atoms with Gasteiger partial charge in [0.1, 0.15) is 23.4 Å². The van der Waals surface area contributed by atoms with Crippen LogP contribution >= 0.6 is 0 Å². The Morgan fingerprint density at radius 1 is 0.830 bits per heavy atom. The maximum absolute atomic E-state index is 14.0. The third kappa shape index (κ3) is 8.25. The largest absolute Gasteiger partial charge is 0.456 e. The number of anilines is 2. The molecule has 7 rings (SSSR count). The average molecular weight is 763 g/mol. The van der Waals surface area contributed by atoms with Crippen LogP contribution in [0, 0.1) is 5.82 Å². The molecule has 14 heteroatoms. The van der Waals surface area contributed by atoms with Gasteiger partial charge in [-0.2, -0.15) is 0 Å². The highest BCUT2D eigenvalue weighted by Crippen LogP contribution is 2.44. The lowest BCUT2D eigenvalue weighted by molar-refractivity contribution is 0.0919. The van der Waals surface area contributed by atoms with Gasteiger partial charge < -0.3 is 14.8 Å². The predicted octanol–water partition coefficient (Wildman–Crippen LogP) is 5.98. The molecule has 4 aromatic carbocycles. The monoisotopic (exact) mass is 762 g/mol. The maximum Gasteiger partial charge on any atom is 0.251 e. The van der Waals surface area contributed by atoms with E-state index in [-0.39, 0.29) is 41.4 Å². The molecule has 5 aromatic rings. The van der Waals surface area contributed by atoms with Gasteiger partial charge >= 0.3 is 0 Å². The summed E-state index contributed by atoms with van der Waals surface area (Å²) in [5.41, 5.74) is 3.42. The second-order valence-electron chi connectivity index (χ2n) is 14.4. The number of benzene rings is 4. The zero-order valence-electron chi connectivity index (χ0n) is 30.4. The van der Waals surface area contributed by atoms with E-state index in [2.05, 4.69) is 10.6 Å². The van der Waals surface area contributed by atoms with Crippen molar-refractivity contribution in [3.05, 3.63) is 107 Å². The summed E-state index contributed by atoms with van der Waals surface area (Å²) in [4.78, 5) is 13.8. The van der Waals surface area contributed by atoms with Gasteiger partial charge in [-0.15, -0.1) is 0 Å². The SMILES string of the molecule is CNC(O)c1c(-c2ccc(F)cc2)oc2cc3c(cc12)-c1cc(C(=O)NC(C)(C)C)cc(c1)N(S(C)(=O)=O)CCc1ccc(cc1)CCN3S(C)(=O)=O. The predicted molar refractivity (Wildman–Crippen MR) is 207 cm³/mol. The molecule has 1 aromatic heterocycles. The summed E-state index contributed by atoms with van der Waals surface area (Å²) < 4.78 is 77.1. The second-order valence-corrected chi connectivity index (χ2v) is 18.2. The Hall–Kier alpha value is -4.76. The number of nitrogens with one attached hydrogen (secondary N) is 2. The van der Waals surface area contributed by atoms with Crippen LogP contribution in [0.25, 0.3) is 33.4 Å². The normalized spacial score (nSPS) is 14.8. The number of fused-ring (bicyclic) bond motifs is 7. The molecule has 1 amide bonds. The molecule has 1 atom stereocenters. The lowest BCUT2D eigenvalue weighted by Gasteiger charge is -2.27. The smallest absolute Gasteiger partial charge is 0.251 e. The van der Waals surface area contributed by atoms with E-state index in [1.807, 2.05) is 45.0 Å². The molecule has 0 aliphatic carbocycles. The Labute approximate surface area is 309 Å². The highest BCUT2D eigenvalue weighted by atomic mass is 32.2. The number of halogens is 1. The number of aliphatic hydroxyl groups excluding tert-OH is 1. The van der Waals surface area contributed by atoms with Crippen molar-refractivity contribution in [3.8, 4) is 22.5 Å². The Bertz CT molecular complexity index is 2410. The van der Waals surface area contributed by atoms with Gasteiger partial charge in [-0.1, -0.05) is 24.3 Å². The number of sulfonamides is 2. The van der Waals surface area contributed by atoms with Crippen molar-refractivity contribution >= 4 is 48.3 Å². The molecule has 0 saturated heterocycles. The van der Waals surface area contributed by atoms with Gasteiger partial charge in [-0.3, -0.25) is 18.7 Å². The van der Waals surface area contributed by atoms with Crippen LogP contribution in [0.1, 0.15) is 54.0 Å². The Morgan fingerprint density at radius 3 is 1.96 bits per heavy atom. The number of hydrogen-bond donors (Lipinski definition) is 3. The van der Waals surface area contributed by atoms with E-state index >= 15 is 0 Å². The lowest BCUT2D eigenvalue weighted by atomic mass is 9.96. The molecule has 3 N–H and O–H groups in total. The zero-order valence-corrected chi connectivity index (χ0v) is 32.0. The maximum atomic E-state index is 14.0. The average Bonchev–Trinajstić information content (AvgIpc) is 3.44. The molecule has 1 unspecified atom stereocenters. The number of nitrogens with zero attached hydrogens (tertiary/aromatic N) is 2. The van der Waals surface area contributed by atoms with Crippen molar-refractivity contribution < 1.29 is 35.5 Å². The Balaban J connectivity index is 1.73. The second kappa shape index (κ2) is 14.2. The van der Waals surface area contributed by atoms with Gasteiger partial charge in [-0.05, 0) is 106 Å². The summed E-state index contributed by atoms with van der Waals surface area (Å²) in [5, 5.41) is 17.5. The highest BCUT2D eigenvalue weighted by Gasteiger charge is 2.29. The van der Waals surface area contributed by atoms with E-state index in [9.17, 15) is 31.1 Å². The molecule has 0 saturated carbocycles. The van der Waals surface area contributed by atoms with Gasteiger partial charge in [-0.25, -0.2) is 21.2 Å². The fraction of sp³-hybridized carbons (Fsp3) is 0.308. The zero-order chi connectivity index (χ0) is 38.5. The van der Waals surface area contributed by atoms with Gasteiger partial charge in [0.15, 0.2) is 0 Å². The van der Waals surface area contributed by atoms with Crippen LogP contribution in [0.2, 0.25) is 0 Å². The van der Waals surface area contributed by atoms with Gasteiger partial charge in [0.25, 0.3) is 5.91 Å². The molecule has 3 heterocycles. The molecule has 280 valence electrons. The number of hydrogen-bond acceptors (Lipinski definition) is 8. The minimum absolute atomic E-state index is 0.0424. The molecular formula is C39H43FN4O7S2. The molecule has 2 aliphatic heterocycles. The summed E-state index contributed by atoms with van der Waals surface area (Å²) in [6.07, 6.45) is 1.67. The molecule has 53 heavy (non-hydrogen) atoms. The van der Waals surface area contributed by atoms with Crippen LogP contribution in [0.5, 0.6) is 0 Å². The fourth-order valence-corrected chi connectivity index (χ4v) is 8.40. The van der Waals surface area contributed by atoms with Crippen molar-refractivity contribution in [2.24, 2.45) is 0 Å². The van der Waals surface area contributed by atoms with Gasteiger partial charge in [0.2, 0.25) is 20.0 Å². The van der Waals surface area contributed by atoms with Crippen LogP contribution in [0.15, 0.2) is 83.3 Å². The van der Waals surface area contributed by atoms with Crippen molar-refractivity contribution in [2.75, 3.05) is 41.3 Å². The number of rotatable bonds is 6. The molecule has 4 bridgehead atoms. The molecule has 0 radical (unpaired) electrons. The fourth-order valence-electron chi connectivity index (χ4n) is 6.56. The molecule has 0 spiro atoms. The van der Waals surface area contributed by atoms with Crippen molar-refractivity contribution in [2.45, 2.75) is 45.4 Å². The van der Waals surface area contributed by atoms with Crippen molar-refractivity contribution in [1.82, 2.24) is 10.6 Å². The van der Waals surface area contributed by atoms with Crippen LogP contribution in [0.4, 0.5) is 15.8 Å². The van der Waals surface area contributed by atoms with Crippen LogP contribution in [-0.4, -0.2) is 66.0 Å². The number of amides is 1. The standard InChI is InChI=1S/C39H43FN4O7S2/c1-39(2,3)42-37(45)28-19-27-20-30(21-28)43(52(5,47)48)17-15-24-7-9-25(10-8-24)16-18-44(53(6,49)50)33-23-34-32(22-31(27)33)35(38(46)41-4)36(51-34)26-11-13-29(40)14-12-26/h7-14,19-23,38,41,46H,15-18H2,1-6H3,(H,42,45). The lowest BCUT2D eigenvalue weighted by Crippen LogP contribution is -2.40. The van der Waals surface area contributed by atoms with Crippen LogP contribution < -0.4 is 19.2 Å². The minimum atomic E-state index is -3.96. The summed E-state index contributed by atoms with van der Waals surface area (Å²) in [7, 11) is -6.29. The van der Waals surface area contributed by atoms with E-state index in [0.29, 0.717) is 40.5 Å². The van der Waals surface area contributed by atoms with E-state index in [4.69, 9.17) is 4.42 Å². The van der Waals surface area contributed by atoms with E-state index < -0.39 is 43.5 Å². The molecule has 11 nitrogen and oxygen atoms in total. The summed E-state index contributed by atoms with van der Waals surface area (Å²) >= 11 is 0. The molecule has 2 aliphatic rings. The van der Waals surface area contributed by atoms with E-state index in [1.54, 1.807) is 31.3 Å². The quantitative estimate of drug-likeness (QED) is 0.179. The van der Waals surface area contributed by atoms with Crippen LogP contribution in [0.3, 0.4) is 0 Å². The highest BCUT2D eigenvalue weighted by molar-refractivity contribution is 7.92. The number of carbonyl (C=O) groups is 1. The summed E-state index contributed by atoms with van der Waals surface area (Å²) in [6.45, 7) is 5.60. The Morgan fingerprint density at radius 2 is 1.42 bits per heavy atom. The van der Waals surface area contributed by atoms with E-state index in [1.165, 1.54) is 38.9 Å². The number of aliphatic hydroxyl groups is 1. The summed E-state index contributed by atoms with van der Waals surface area (Å²) in [6, 6.07) is 21.1. The first-order valence-electron chi connectivity index (χ1n) is 17.1. The first kappa shape index (κ1) is 38.0. The van der Waals surface area contributed by atoms with Gasteiger partial charge in [0, 0.05) is 52.3 Å². The Kier molecular flexibility index (Phi) is 10.2. The van der Waals surface area contributed by atoms with Crippen molar-refractivity contribution in [3.63, 3.8) is 0 Å². The molecular weight excluding hydrogens is 720 g/mol. The number of furan rings is 1. The van der Waals surface area contributed by atoms with Gasteiger partial charge in [0.05, 0.1) is 23.9 Å².